The molecule has 0 atom stereocenters. The van der Waals surface area contributed by atoms with E-state index in [4.69, 9.17) is 9.97 Å². The minimum Gasteiger partial charge on any atom is -0.616 e. The van der Waals surface area contributed by atoms with Gasteiger partial charge in [0.25, 0.3) is 0 Å². The standard InChI is InChI=1S/C20H30N8OS/c29-30-12-10-27(11-13-30)19-17-16(25-20(26-19)28-8-6-21-7-9-28)18(23-14-22-17)24-15-4-2-1-3-5-15/h14-15,21H,1-13H2,(H,22,23,24). The topological polar surface area (TPSA) is 105 Å². The molecular weight excluding hydrogens is 400 g/mol. The molecule has 30 heavy (non-hydrogen) atoms. The van der Waals surface area contributed by atoms with Crippen LogP contribution in [-0.4, -0.2) is 81.3 Å². The molecule has 5 rings (SSSR count). The van der Waals surface area contributed by atoms with Gasteiger partial charge in [-0.25, -0.2) is 15.0 Å². The first-order valence-corrected chi connectivity index (χ1v) is 12.6. The van der Waals surface area contributed by atoms with E-state index >= 15 is 0 Å². The molecule has 162 valence electrons. The molecule has 3 fully saturated rings. The van der Waals surface area contributed by atoms with E-state index in [2.05, 4.69) is 30.4 Å². The van der Waals surface area contributed by atoms with Gasteiger partial charge in [-0.2, -0.15) is 4.98 Å². The number of anilines is 3. The van der Waals surface area contributed by atoms with E-state index in [1.54, 1.807) is 6.33 Å². The Hall–Kier alpha value is -1.91. The van der Waals surface area contributed by atoms with E-state index in [1.165, 1.54) is 32.1 Å². The fourth-order valence-corrected chi connectivity index (χ4v) is 5.60. The van der Waals surface area contributed by atoms with Gasteiger partial charge < -0.3 is 25.0 Å². The highest BCUT2D eigenvalue weighted by Gasteiger charge is 2.26. The van der Waals surface area contributed by atoms with Crippen molar-refractivity contribution in [2.75, 3.05) is 65.9 Å². The third-order valence-electron chi connectivity index (χ3n) is 6.27. The van der Waals surface area contributed by atoms with Crippen LogP contribution in [-0.2, 0) is 11.2 Å². The van der Waals surface area contributed by atoms with E-state index in [9.17, 15) is 4.55 Å². The fraction of sp³-hybridized carbons (Fsp3) is 0.700. The molecule has 2 saturated heterocycles. The van der Waals surface area contributed by atoms with Gasteiger partial charge in [-0.3, -0.25) is 0 Å². The zero-order valence-corrected chi connectivity index (χ0v) is 18.2. The van der Waals surface area contributed by atoms with Gasteiger partial charge in [0.2, 0.25) is 5.95 Å². The average Bonchev–Trinajstić information content (AvgIpc) is 2.80. The van der Waals surface area contributed by atoms with E-state index in [0.717, 1.165) is 67.9 Å². The Morgan fingerprint density at radius 2 is 1.70 bits per heavy atom. The first-order valence-electron chi connectivity index (χ1n) is 11.1. The largest absolute Gasteiger partial charge is 0.616 e. The second-order valence-corrected chi connectivity index (χ2v) is 10.0. The Bertz CT molecular complexity index is 863. The lowest BCUT2D eigenvalue weighted by Gasteiger charge is -2.32. The number of fused-ring (bicyclic) bond motifs is 1. The molecule has 2 aliphatic heterocycles. The number of nitrogens with zero attached hydrogens (tertiary/aromatic N) is 6. The van der Waals surface area contributed by atoms with E-state index in [1.807, 2.05) is 0 Å². The van der Waals surface area contributed by atoms with Crippen molar-refractivity contribution < 1.29 is 4.55 Å². The van der Waals surface area contributed by atoms with E-state index in [0.29, 0.717) is 17.5 Å². The Kier molecular flexibility index (Phi) is 6.05. The van der Waals surface area contributed by atoms with Crippen LogP contribution in [0.3, 0.4) is 0 Å². The molecule has 0 bridgehead atoms. The molecule has 0 amide bonds. The van der Waals surface area contributed by atoms with Crippen molar-refractivity contribution >= 4 is 39.8 Å². The molecule has 4 heterocycles. The smallest absolute Gasteiger partial charge is 0.228 e. The van der Waals surface area contributed by atoms with Gasteiger partial charge in [0.15, 0.2) is 11.6 Å². The van der Waals surface area contributed by atoms with Crippen LogP contribution in [0.4, 0.5) is 17.6 Å². The summed E-state index contributed by atoms with van der Waals surface area (Å²) in [7, 11) is 0. The van der Waals surface area contributed by atoms with Gasteiger partial charge in [0.05, 0.1) is 13.1 Å². The van der Waals surface area contributed by atoms with Crippen LogP contribution < -0.4 is 20.4 Å². The van der Waals surface area contributed by atoms with Crippen molar-refractivity contribution in [2.24, 2.45) is 0 Å². The monoisotopic (exact) mass is 430 g/mol. The minimum atomic E-state index is -0.736. The summed E-state index contributed by atoms with van der Waals surface area (Å²) in [4.78, 5) is 23.5. The summed E-state index contributed by atoms with van der Waals surface area (Å²) in [5.41, 5.74) is 1.59. The molecule has 1 saturated carbocycles. The first kappa shape index (κ1) is 20.0. The Balaban J connectivity index is 1.55. The molecule has 1 aliphatic carbocycles. The third-order valence-corrected chi connectivity index (χ3v) is 7.55. The number of nitrogens with one attached hydrogen (secondary N) is 2. The summed E-state index contributed by atoms with van der Waals surface area (Å²) >= 11 is -0.736. The lowest BCUT2D eigenvalue weighted by molar-refractivity contribution is 0.462. The Labute approximate surface area is 180 Å². The second kappa shape index (κ2) is 9.07. The number of rotatable bonds is 4. The molecule has 2 aromatic rings. The molecule has 9 nitrogen and oxygen atoms in total. The summed E-state index contributed by atoms with van der Waals surface area (Å²) in [5, 5.41) is 7.04. The molecule has 10 heteroatoms. The Morgan fingerprint density at radius 3 is 2.47 bits per heavy atom. The summed E-state index contributed by atoms with van der Waals surface area (Å²) in [6.07, 6.45) is 7.80. The summed E-state index contributed by atoms with van der Waals surface area (Å²) in [6, 6.07) is 0.440. The normalized spacial score (nSPS) is 21.9. The van der Waals surface area contributed by atoms with E-state index < -0.39 is 11.2 Å². The number of hydrogen-bond donors (Lipinski definition) is 2. The number of aromatic nitrogens is 4. The SMILES string of the molecule is [O-][S+]1CCN(c2nc(N3CCNCC3)nc3c(NC4CCCCC4)ncnc23)CC1. The van der Waals surface area contributed by atoms with Crippen molar-refractivity contribution in [3.8, 4) is 0 Å². The van der Waals surface area contributed by atoms with Crippen molar-refractivity contribution in [2.45, 2.75) is 38.1 Å². The van der Waals surface area contributed by atoms with Crippen LogP contribution in [0.2, 0.25) is 0 Å². The zero-order valence-electron chi connectivity index (χ0n) is 17.3. The van der Waals surface area contributed by atoms with Crippen LogP contribution in [0.25, 0.3) is 11.0 Å². The quantitative estimate of drug-likeness (QED) is 0.691. The van der Waals surface area contributed by atoms with Crippen LogP contribution >= 0.6 is 0 Å². The summed E-state index contributed by atoms with van der Waals surface area (Å²) < 4.78 is 11.9. The highest BCUT2D eigenvalue weighted by Crippen LogP contribution is 2.31. The molecular formula is C20H30N8OS. The van der Waals surface area contributed by atoms with Crippen molar-refractivity contribution in [1.82, 2.24) is 25.3 Å². The highest BCUT2D eigenvalue weighted by molar-refractivity contribution is 7.91. The number of hydrogen-bond acceptors (Lipinski definition) is 9. The molecule has 3 aliphatic rings. The van der Waals surface area contributed by atoms with Crippen molar-refractivity contribution in [3.63, 3.8) is 0 Å². The molecule has 0 radical (unpaired) electrons. The van der Waals surface area contributed by atoms with Crippen LogP contribution in [0, 0.1) is 0 Å². The molecule has 0 unspecified atom stereocenters. The lowest BCUT2D eigenvalue weighted by atomic mass is 9.95. The van der Waals surface area contributed by atoms with Crippen LogP contribution in [0.15, 0.2) is 6.33 Å². The van der Waals surface area contributed by atoms with Gasteiger partial charge in [0.1, 0.15) is 28.9 Å². The predicted octanol–water partition coefficient (Wildman–Crippen LogP) is 1.14. The van der Waals surface area contributed by atoms with Crippen molar-refractivity contribution in [3.05, 3.63) is 6.33 Å². The summed E-state index contributed by atoms with van der Waals surface area (Å²) in [6.45, 7) is 5.09. The van der Waals surface area contributed by atoms with Crippen LogP contribution in [0.5, 0.6) is 0 Å². The molecule has 0 spiro atoms. The zero-order chi connectivity index (χ0) is 20.3. The second-order valence-electron chi connectivity index (χ2n) is 8.32. The highest BCUT2D eigenvalue weighted by atomic mass is 32.2. The summed E-state index contributed by atoms with van der Waals surface area (Å²) in [5.74, 6) is 3.75. The maximum atomic E-state index is 11.9. The van der Waals surface area contributed by atoms with Gasteiger partial charge in [0, 0.05) is 32.2 Å². The Morgan fingerprint density at radius 1 is 0.933 bits per heavy atom. The lowest BCUT2D eigenvalue weighted by Crippen LogP contribution is -2.45. The third kappa shape index (κ3) is 4.26. The van der Waals surface area contributed by atoms with Gasteiger partial charge in [-0.15, -0.1) is 0 Å². The fourth-order valence-electron chi connectivity index (χ4n) is 4.54. The van der Waals surface area contributed by atoms with Gasteiger partial charge in [-0.05, 0) is 12.8 Å². The maximum Gasteiger partial charge on any atom is 0.228 e. The average molecular weight is 431 g/mol. The minimum absolute atomic E-state index is 0.440. The number of piperazine rings is 1. The molecule has 0 aromatic carbocycles. The molecule has 2 aromatic heterocycles. The van der Waals surface area contributed by atoms with Gasteiger partial charge in [-0.1, -0.05) is 30.4 Å². The predicted molar refractivity (Wildman–Crippen MR) is 121 cm³/mol. The maximum absolute atomic E-state index is 11.9. The van der Waals surface area contributed by atoms with E-state index in [-0.39, 0.29) is 0 Å². The first-order chi connectivity index (χ1) is 14.8. The van der Waals surface area contributed by atoms with Crippen molar-refractivity contribution in [1.29, 1.82) is 0 Å². The van der Waals surface area contributed by atoms with Crippen LogP contribution in [0.1, 0.15) is 32.1 Å². The molecule has 2 N–H and O–H groups in total. The van der Waals surface area contributed by atoms with Gasteiger partial charge >= 0.3 is 0 Å².